The molecule has 0 saturated heterocycles. The Morgan fingerprint density at radius 2 is 2.07 bits per heavy atom. The monoisotopic (exact) mass is 196 g/mol. The Morgan fingerprint density at radius 1 is 1.29 bits per heavy atom. The zero-order valence-electron chi connectivity index (χ0n) is 9.63. The van der Waals surface area contributed by atoms with E-state index in [4.69, 9.17) is 0 Å². The number of hydrogen-bond donors (Lipinski definition) is 1. The minimum Gasteiger partial charge on any atom is -0.393 e. The number of aliphatic hydroxyl groups is 1. The lowest BCUT2D eigenvalue weighted by molar-refractivity contribution is 0.155. The summed E-state index contributed by atoms with van der Waals surface area (Å²) in [4.78, 5) is 0. The molecule has 1 atom stereocenters. The topological polar surface area (TPSA) is 20.2 Å². The summed E-state index contributed by atoms with van der Waals surface area (Å²) in [5.41, 5.74) is 1.49. The second-order valence-electron chi connectivity index (χ2n) is 4.94. The summed E-state index contributed by atoms with van der Waals surface area (Å²) in [6, 6.07) is 0. The maximum atomic E-state index is 9.81. The molecule has 0 heterocycles. The van der Waals surface area contributed by atoms with Crippen LogP contribution in [0.3, 0.4) is 0 Å². The first-order valence-electron chi connectivity index (χ1n) is 6.04. The van der Waals surface area contributed by atoms with Crippen LogP contribution < -0.4 is 0 Å². The number of rotatable bonds is 5. The van der Waals surface area contributed by atoms with Gasteiger partial charge in [-0.05, 0) is 50.9 Å². The predicted molar refractivity (Wildman–Crippen MR) is 61.2 cm³/mol. The maximum absolute atomic E-state index is 9.81. The summed E-state index contributed by atoms with van der Waals surface area (Å²) in [5, 5.41) is 9.81. The van der Waals surface area contributed by atoms with E-state index in [-0.39, 0.29) is 6.10 Å². The lowest BCUT2D eigenvalue weighted by Gasteiger charge is -2.17. The molecule has 1 aliphatic rings. The highest BCUT2D eigenvalue weighted by Crippen LogP contribution is 2.23. The molecule has 1 unspecified atom stereocenters. The van der Waals surface area contributed by atoms with Crippen LogP contribution in [0.15, 0.2) is 11.6 Å². The van der Waals surface area contributed by atoms with Crippen LogP contribution in [0.4, 0.5) is 0 Å². The molecule has 1 nitrogen and oxygen atoms in total. The van der Waals surface area contributed by atoms with E-state index in [1.54, 1.807) is 0 Å². The van der Waals surface area contributed by atoms with Crippen LogP contribution in [0.5, 0.6) is 0 Å². The molecule has 0 aromatic heterocycles. The van der Waals surface area contributed by atoms with Gasteiger partial charge in [0.05, 0.1) is 6.10 Å². The van der Waals surface area contributed by atoms with Gasteiger partial charge >= 0.3 is 0 Å². The van der Waals surface area contributed by atoms with Crippen LogP contribution in [-0.2, 0) is 0 Å². The average Bonchev–Trinajstić information content (AvgIpc) is 2.16. The van der Waals surface area contributed by atoms with Crippen LogP contribution >= 0.6 is 0 Å². The summed E-state index contributed by atoms with van der Waals surface area (Å²) < 4.78 is 0. The number of hydrogen-bond acceptors (Lipinski definition) is 1. The first kappa shape index (κ1) is 11.8. The first-order chi connectivity index (χ1) is 6.68. The van der Waals surface area contributed by atoms with Crippen LogP contribution in [0.25, 0.3) is 0 Å². The lowest BCUT2D eigenvalue weighted by Crippen LogP contribution is -2.10. The molecule has 1 heteroatoms. The van der Waals surface area contributed by atoms with Gasteiger partial charge in [-0.3, -0.25) is 0 Å². The Kier molecular flexibility index (Phi) is 5.24. The molecule has 0 spiro atoms. The summed E-state index contributed by atoms with van der Waals surface area (Å²) in [7, 11) is 0. The first-order valence-corrected chi connectivity index (χ1v) is 6.04. The van der Waals surface area contributed by atoms with Crippen LogP contribution in [0, 0.1) is 5.92 Å². The van der Waals surface area contributed by atoms with Crippen molar-refractivity contribution in [1.29, 1.82) is 0 Å². The molecule has 0 aliphatic heterocycles. The SMILES string of the molecule is CC(C)CCC(O)CC1=CCCCC1. The Bertz CT molecular complexity index is 182. The van der Waals surface area contributed by atoms with Crippen molar-refractivity contribution in [2.75, 3.05) is 0 Å². The van der Waals surface area contributed by atoms with Crippen LogP contribution in [0.2, 0.25) is 0 Å². The van der Waals surface area contributed by atoms with Crippen LogP contribution in [0.1, 0.15) is 58.8 Å². The highest BCUT2D eigenvalue weighted by molar-refractivity contribution is 5.06. The minimum absolute atomic E-state index is 0.0956. The van der Waals surface area contributed by atoms with Gasteiger partial charge in [0.15, 0.2) is 0 Å². The zero-order chi connectivity index (χ0) is 10.4. The molecule has 0 bridgehead atoms. The van der Waals surface area contributed by atoms with E-state index < -0.39 is 0 Å². The van der Waals surface area contributed by atoms with Crippen molar-refractivity contribution in [3.8, 4) is 0 Å². The Morgan fingerprint density at radius 3 is 2.64 bits per heavy atom. The van der Waals surface area contributed by atoms with Crippen molar-refractivity contribution in [2.24, 2.45) is 5.92 Å². The third-order valence-corrected chi connectivity index (χ3v) is 2.96. The number of aliphatic hydroxyl groups excluding tert-OH is 1. The molecular weight excluding hydrogens is 172 g/mol. The second-order valence-corrected chi connectivity index (χ2v) is 4.94. The molecule has 14 heavy (non-hydrogen) atoms. The zero-order valence-corrected chi connectivity index (χ0v) is 9.63. The van der Waals surface area contributed by atoms with Crippen LogP contribution in [-0.4, -0.2) is 11.2 Å². The third kappa shape index (κ3) is 4.80. The van der Waals surface area contributed by atoms with Crippen molar-refractivity contribution < 1.29 is 5.11 Å². The van der Waals surface area contributed by atoms with Gasteiger partial charge in [0, 0.05) is 0 Å². The van der Waals surface area contributed by atoms with Crippen molar-refractivity contribution in [2.45, 2.75) is 64.9 Å². The van der Waals surface area contributed by atoms with Crippen molar-refractivity contribution in [3.05, 3.63) is 11.6 Å². The fraction of sp³-hybridized carbons (Fsp3) is 0.846. The summed E-state index contributed by atoms with van der Waals surface area (Å²) in [6.07, 6.45) is 10.4. The summed E-state index contributed by atoms with van der Waals surface area (Å²) in [5.74, 6) is 0.713. The normalized spacial score (nSPS) is 19.6. The van der Waals surface area contributed by atoms with Gasteiger partial charge in [0.25, 0.3) is 0 Å². The van der Waals surface area contributed by atoms with E-state index in [2.05, 4.69) is 19.9 Å². The fourth-order valence-electron chi connectivity index (χ4n) is 2.02. The number of allylic oxidation sites excluding steroid dienone is 1. The Balaban J connectivity index is 2.18. The van der Waals surface area contributed by atoms with E-state index in [0.717, 1.165) is 19.3 Å². The smallest absolute Gasteiger partial charge is 0.0577 e. The van der Waals surface area contributed by atoms with Crippen molar-refractivity contribution in [1.82, 2.24) is 0 Å². The Hall–Kier alpha value is -0.300. The molecule has 0 amide bonds. The molecule has 82 valence electrons. The van der Waals surface area contributed by atoms with E-state index in [0.29, 0.717) is 5.92 Å². The molecular formula is C13H24O. The van der Waals surface area contributed by atoms with Gasteiger partial charge in [-0.1, -0.05) is 25.5 Å². The summed E-state index contributed by atoms with van der Waals surface area (Å²) in [6.45, 7) is 4.43. The minimum atomic E-state index is -0.0956. The molecule has 0 fully saturated rings. The largest absolute Gasteiger partial charge is 0.393 e. The maximum Gasteiger partial charge on any atom is 0.0577 e. The van der Waals surface area contributed by atoms with Crippen molar-refractivity contribution >= 4 is 0 Å². The van der Waals surface area contributed by atoms with Gasteiger partial charge in [-0.2, -0.15) is 0 Å². The van der Waals surface area contributed by atoms with Crippen molar-refractivity contribution in [3.63, 3.8) is 0 Å². The van der Waals surface area contributed by atoms with Gasteiger partial charge in [-0.25, -0.2) is 0 Å². The fourth-order valence-corrected chi connectivity index (χ4v) is 2.02. The highest BCUT2D eigenvalue weighted by Gasteiger charge is 2.10. The molecule has 1 aliphatic carbocycles. The molecule has 0 aromatic carbocycles. The molecule has 0 saturated carbocycles. The second kappa shape index (κ2) is 6.23. The molecule has 0 aromatic rings. The van der Waals surface area contributed by atoms with Gasteiger partial charge in [0.2, 0.25) is 0 Å². The Labute approximate surface area is 88.2 Å². The molecule has 0 radical (unpaired) electrons. The molecule has 1 rings (SSSR count). The average molecular weight is 196 g/mol. The van der Waals surface area contributed by atoms with Gasteiger partial charge in [0.1, 0.15) is 0 Å². The van der Waals surface area contributed by atoms with Gasteiger partial charge in [-0.15, -0.1) is 0 Å². The van der Waals surface area contributed by atoms with E-state index in [1.165, 1.54) is 31.3 Å². The lowest BCUT2D eigenvalue weighted by atomic mass is 9.93. The highest BCUT2D eigenvalue weighted by atomic mass is 16.3. The predicted octanol–water partition coefficient (Wildman–Crippen LogP) is 3.67. The third-order valence-electron chi connectivity index (χ3n) is 2.96. The van der Waals surface area contributed by atoms with E-state index >= 15 is 0 Å². The van der Waals surface area contributed by atoms with E-state index in [1.807, 2.05) is 0 Å². The quantitative estimate of drug-likeness (QED) is 0.665. The molecule has 1 N–H and O–H groups in total. The van der Waals surface area contributed by atoms with Gasteiger partial charge < -0.3 is 5.11 Å². The van der Waals surface area contributed by atoms with E-state index in [9.17, 15) is 5.11 Å². The summed E-state index contributed by atoms with van der Waals surface area (Å²) >= 11 is 0. The standard InChI is InChI=1S/C13H24O/c1-11(2)8-9-13(14)10-12-6-4-3-5-7-12/h6,11,13-14H,3-5,7-10H2,1-2H3.